The van der Waals surface area contributed by atoms with Gasteiger partial charge < -0.3 is 15.2 Å². The Labute approximate surface area is 227 Å². The molecule has 2 atom stereocenters. The number of unbranched alkanes of at least 4 members (excludes halogenated alkanes) is 1. The summed E-state index contributed by atoms with van der Waals surface area (Å²) in [6, 6.07) is 9.80. The first-order chi connectivity index (χ1) is 15.2. The van der Waals surface area contributed by atoms with Crippen molar-refractivity contribution < 1.29 is 63.3 Å². The zero-order valence-electron chi connectivity index (χ0n) is 21.1. The number of aliphatic hydroxyl groups is 1. The molecule has 0 aromatic heterocycles. The van der Waals surface area contributed by atoms with Crippen molar-refractivity contribution in [2.24, 2.45) is 5.92 Å². The van der Waals surface area contributed by atoms with Crippen LogP contribution in [-0.4, -0.2) is 35.7 Å². The number of alkyl halides is 4. The molecule has 0 spiro atoms. The van der Waals surface area contributed by atoms with Gasteiger partial charge in [0, 0.05) is 31.6 Å². The van der Waals surface area contributed by atoms with E-state index in [1.54, 1.807) is 31.2 Å². The smallest absolute Gasteiger partial charge is 0.491 e. The van der Waals surface area contributed by atoms with Crippen LogP contribution in [0.5, 0.6) is 5.75 Å². The second kappa shape index (κ2) is 21.5. The number of amides is 1. The predicted molar refractivity (Wildman–Crippen MR) is 124 cm³/mol. The summed E-state index contributed by atoms with van der Waals surface area (Å²) in [5.41, 5.74) is 0. The molecule has 0 aliphatic carbocycles. The zero-order valence-corrected chi connectivity index (χ0v) is 25.3. The van der Waals surface area contributed by atoms with Crippen molar-refractivity contribution in [3.05, 3.63) is 37.3 Å². The second-order valence-corrected chi connectivity index (χ2v) is 8.15. The van der Waals surface area contributed by atoms with E-state index in [0.29, 0.717) is 12.2 Å². The van der Waals surface area contributed by atoms with Crippen molar-refractivity contribution in [2.75, 3.05) is 6.54 Å². The number of carbonyl (C=O) groups excluding carboxylic acids is 1. The van der Waals surface area contributed by atoms with Gasteiger partial charge in [-0.3, -0.25) is 11.7 Å². The van der Waals surface area contributed by atoms with E-state index in [-0.39, 0.29) is 55.8 Å². The molecule has 34 heavy (non-hydrogen) atoms. The minimum Gasteiger partial charge on any atom is -0.491 e. The summed E-state index contributed by atoms with van der Waals surface area (Å²) in [6.07, 6.45) is 3.49. The number of nitrogens with one attached hydrogen (secondary N) is 1. The Morgan fingerprint density at radius 1 is 1.21 bits per heavy atom. The van der Waals surface area contributed by atoms with E-state index in [2.05, 4.69) is 18.3 Å². The van der Waals surface area contributed by atoms with Crippen LogP contribution in [0.25, 0.3) is 0 Å². The maximum absolute atomic E-state index is 13.0. The minimum atomic E-state index is -2.75. The fourth-order valence-corrected chi connectivity index (χ4v) is 2.40. The van der Waals surface area contributed by atoms with E-state index < -0.39 is 18.1 Å². The van der Waals surface area contributed by atoms with Gasteiger partial charge in [-0.15, -0.1) is 12.1 Å². The van der Waals surface area contributed by atoms with Crippen molar-refractivity contribution in [3.8, 4) is 5.75 Å². The predicted octanol–water partition coefficient (Wildman–Crippen LogP) is 6.82. The van der Waals surface area contributed by atoms with E-state index in [4.69, 9.17) is 9.84 Å². The average Bonchev–Trinajstić information content (AvgIpc) is 3.17. The van der Waals surface area contributed by atoms with E-state index >= 15 is 0 Å². The monoisotopic (exact) mass is 717 g/mol. The Morgan fingerprint density at radius 2 is 1.74 bits per heavy atom. The van der Waals surface area contributed by atoms with Gasteiger partial charge in [-0.05, 0) is 32.6 Å². The Kier molecular flexibility index (Phi) is 23.9. The third-order valence-electron chi connectivity index (χ3n) is 4.14. The number of ether oxygens (including phenoxy) is 1. The molecule has 0 saturated carbocycles. The van der Waals surface area contributed by atoms with Crippen molar-refractivity contribution in [1.82, 2.24) is 5.32 Å². The van der Waals surface area contributed by atoms with Crippen LogP contribution in [-0.2, 0) is 4.79 Å². The third kappa shape index (κ3) is 31.2. The molecule has 1 fully saturated rings. The van der Waals surface area contributed by atoms with Crippen LogP contribution in [0.3, 0.4) is 0 Å². The molecule has 2 unspecified atom stereocenters. The fourth-order valence-electron chi connectivity index (χ4n) is 2.40. The normalized spacial score (nSPS) is 14.4. The summed E-state index contributed by atoms with van der Waals surface area (Å²) in [7, 11) is 0. The maximum Gasteiger partial charge on any atom is 2.00 e. The van der Waals surface area contributed by atoms with Gasteiger partial charge in [0.15, 0.2) is 6.29 Å². The molecule has 1 saturated heterocycles. The number of carbonyl (C=O) groups is 1. The van der Waals surface area contributed by atoms with Gasteiger partial charge >= 0.3 is 31.1 Å². The maximum atomic E-state index is 13.0. The van der Waals surface area contributed by atoms with Gasteiger partial charge in [0.05, 0.1) is 0 Å². The minimum absolute atomic E-state index is 0. The first-order valence-electron chi connectivity index (χ1n) is 11.4. The molecule has 1 heterocycles. The molecular formula is C25H41F4NO3U. The van der Waals surface area contributed by atoms with Gasteiger partial charge in [0.25, 0.3) is 0 Å². The fraction of sp³-hybridized carbons (Fsp3) is 0.680. The van der Waals surface area contributed by atoms with Gasteiger partial charge in [-0.2, -0.15) is 18.2 Å². The molecule has 4 nitrogen and oxygen atoms in total. The van der Waals surface area contributed by atoms with Crippen LogP contribution in [0.15, 0.2) is 24.3 Å². The number of halogens is 4. The molecule has 1 aromatic carbocycles. The Hall–Kier alpha value is -0.778. The summed E-state index contributed by atoms with van der Waals surface area (Å²) in [5, 5.41) is 11.5. The Bertz CT molecular complexity index is 586. The topological polar surface area (TPSA) is 58.6 Å². The standard InChI is InChI=1S/C10H20F2.C8H9O2.C4H7NO.C3H5F2.U/c1-4-6-7-10(11,12)8-9(3)5-2;1-7(9)10-8-5-3-2-4-6-8;6-4-2-1-3-5-4;1-3(2,4)5;/h9H,4-8H2,1-3H3;3-7,9H,1H3;1-3H2,(H,5,6);1H2,2H3;/q;-1;;-1;+2. The molecule has 9 heteroatoms. The van der Waals surface area contributed by atoms with Crippen LogP contribution in [0.1, 0.15) is 79.6 Å². The quantitative estimate of drug-likeness (QED) is 0.176. The first kappa shape index (κ1) is 37.8. The molecule has 2 rings (SSSR count). The van der Waals surface area contributed by atoms with Crippen LogP contribution >= 0.6 is 0 Å². The average molecular weight is 718 g/mol. The summed E-state index contributed by atoms with van der Waals surface area (Å²) in [6.45, 7) is 11.4. The largest absolute Gasteiger partial charge is 2.00 e. The second-order valence-electron chi connectivity index (χ2n) is 8.15. The molecule has 0 radical (unpaired) electrons. The van der Waals surface area contributed by atoms with E-state index in [1.807, 2.05) is 20.8 Å². The molecule has 1 aromatic rings. The molecule has 1 aliphatic rings. The van der Waals surface area contributed by atoms with E-state index in [9.17, 15) is 22.4 Å². The summed E-state index contributed by atoms with van der Waals surface area (Å²) in [4.78, 5) is 10.1. The molecule has 1 aliphatic heterocycles. The SMILES string of the molecule is CC(O)Oc1cc[c-]cc1.CCCCC(F)(F)CC(C)CC.O=C1CCCN1.[CH2-]C(C)(F)F.[U+2]. The molecular weight excluding hydrogens is 676 g/mol. The van der Waals surface area contributed by atoms with Crippen molar-refractivity contribution in [1.29, 1.82) is 0 Å². The third-order valence-corrected chi connectivity index (χ3v) is 4.14. The van der Waals surface area contributed by atoms with Gasteiger partial charge in [-0.1, -0.05) is 33.6 Å². The van der Waals surface area contributed by atoms with Crippen molar-refractivity contribution in [3.63, 3.8) is 0 Å². The number of benzene rings is 1. The molecule has 196 valence electrons. The number of hydrogen-bond donors (Lipinski definition) is 2. The number of rotatable bonds is 8. The van der Waals surface area contributed by atoms with Crippen LogP contribution in [0.2, 0.25) is 0 Å². The van der Waals surface area contributed by atoms with Crippen molar-refractivity contribution >= 4 is 5.91 Å². The summed E-state index contributed by atoms with van der Waals surface area (Å²) in [5.74, 6) is -4.16. The van der Waals surface area contributed by atoms with Crippen LogP contribution < -0.4 is 10.1 Å². The molecule has 2 N–H and O–H groups in total. The molecule has 1 amide bonds. The van der Waals surface area contributed by atoms with Gasteiger partial charge in [-0.25, -0.2) is 17.6 Å². The zero-order chi connectivity index (χ0) is 25.9. The van der Waals surface area contributed by atoms with Crippen LogP contribution in [0, 0.1) is 50.0 Å². The van der Waals surface area contributed by atoms with Crippen molar-refractivity contribution in [2.45, 2.75) is 97.7 Å². The first-order valence-corrected chi connectivity index (χ1v) is 11.4. The Morgan fingerprint density at radius 3 is 2.06 bits per heavy atom. The van der Waals surface area contributed by atoms with E-state index in [1.165, 1.54) is 0 Å². The number of aliphatic hydroxyl groups excluding tert-OH is 1. The Balaban J connectivity index is -0.000000393. The van der Waals surface area contributed by atoms with Crippen LogP contribution in [0.4, 0.5) is 17.6 Å². The summed E-state index contributed by atoms with van der Waals surface area (Å²) < 4.78 is 52.9. The summed E-state index contributed by atoms with van der Waals surface area (Å²) >= 11 is 0. The van der Waals surface area contributed by atoms with Gasteiger partial charge in [0.1, 0.15) is 5.92 Å². The van der Waals surface area contributed by atoms with E-state index in [0.717, 1.165) is 39.2 Å². The number of hydrogen-bond acceptors (Lipinski definition) is 3. The molecule has 0 bridgehead atoms. The van der Waals surface area contributed by atoms with Gasteiger partial charge in [0.2, 0.25) is 11.8 Å².